The maximum Gasteiger partial charge on any atom is 0.175 e. The molecule has 1 heterocycles. The molecule has 0 unspecified atom stereocenters. The van der Waals surface area contributed by atoms with E-state index >= 15 is 0 Å². The molecule has 1 saturated carbocycles. The van der Waals surface area contributed by atoms with E-state index in [4.69, 9.17) is 5.73 Å². The number of hydrogen-bond donors (Lipinski definition) is 1. The van der Waals surface area contributed by atoms with Crippen molar-refractivity contribution in [3.8, 4) is 0 Å². The van der Waals surface area contributed by atoms with Crippen molar-refractivity contribution < 1.29 is 0 Å². The van der Waals surface area contributed by atoms with Gasteiger partial charge in [-0.05, 0) is 23.9 Å². The Morgan fingerprint density at radius 2 is 2.50 bits per heavy atom. The Labute approximate surface area is 69.5 Å². The van der Waals surface area contributed by atoms with Crippen molar-refractivity contribution in [2.75, 3.05) is 5.73 Å². The van der Waals surface area contributed by atoms with Crippen LogP contribution in [0.2, 0.25) is 0 Å². The minimum Gasteiger partial charge on any atom is -0.380 e. The highest BCUT2D eigenvalue weighted by atomic mass is 16.3. The number of hydrogen-bond acceptors (Lipinski definition) is 4. The van der Waals surface area contributed by atoms with Crippen LogP contribution in [0.25, 0.3) is 0 Å². The van der Waals surface area contributed by atoms with Crippen LogP contribution in [0.15, 0.2) is 11.4 Å². The highest BCUT2D eigenvalue weighted by molar-refractivity contribution is 5.55. The van der Waals surface area contributed by atoms with Gasteiger partial charge in [0.15, 0.2) is 11.5 Å². The first kappa shape index (κ1) is 7.27. The molecule has 1 aliphatic carbocycles. The summed E-state index contributed by atoms with van der Waals surface area (Å²) in [5.74, 6) is 0.953. The van der Waals surface area contributed by atoms with Gasteiger partial charge >= 0.3 is 0 Å². The fraction of sp³-hybridized carbons (Fsp3) is 0.571. The van der Waals surface area contributed by atoms with E-state index in [1.165, 1.54) is 12.8 Å². The van der Waals surface area contributed by atoms with Gasteiger partial charge in [0.05, 0.1) is 6.20 Å². The minimum absolute atomic E-state index is 0.227. The number of nitroso groups, excluding NO2 is 1. The highest BCUT2D eigenvalue weighted by Crippen LogP contribution is 2.31. The summed E-state index contributed by atoms with van der Waals surface area (Å²) in [5.41, 5.74) is 5.67. The predicted molar refractivity (Wildman–Crippen MR) is 44.8 cm³/mol. The number of anilines is 1. The Hall–Kier alpha value is -1.39. The monoisotopic (exact) mass is 166 g/mol. The zero-order valence-electron chi connectivity index (χ0n) is 6.60. The lowest BCUT2D eigenvalue weighted by Crippen LogP contribution is -2.00. The molecule has 0 aromatic carbocycles. The van der Waals surface area contributed by atoms with Crippen molar-refractivity contribution in [3.63, 3.8) is 0 Å². The van der Waals surface area contributed by atoms with Gasteiger partial charge in [0.2, 0.25) is 0 Å². The fourth-order valence-electron chi connectivity index (χ4n) is 1.15. The van der Waals surface area contributed by atoms with Crippen molar-refractivity contribution in [1.29, 1.82) is 0 Å². The summed E-state index contributed by atoms with van der Waals surface area (Å²) in [4.78, 5) is 10.2. The number of rotatable bonds is 3. The van der Waals surface area contributed by atoms with Crippen LogP contribution in [-0.2, 0) is 6.54 Å². The van der Waals surface area contributed by atoms with E-state index in [2.05, 4.69) is 10.3 Å². The lowest BCUT2D eigenvalue weighted by Gasteiger charge is -1.95. The van der Waals surface area contributed by atoms with Crippen molar-refractivity contribution in [1.82, 2.24) is 9.78 Å². The van der Waals surface area contributed by atoms with E-state index in [1.54, 1.807) is 10.9 Å². The van der Waals surface area contributed by atoms with Crippen LogP contribution in [0.5, 0.6) is 0 Å². The number of nitrogens with two attached hydrogens (primary N) is 1. The summed E-state index contributed by atoms with van der Waals surface area (Å²) >= 11 is 0. The SMILES string of the molecule is Nc1nn(CC2CC2)cc1N=O. The Bertz CT molecular complexity index is 302. The molecular formula is C7H10N4O. The van der Waals surface area contributed by atoms with Crippen molar-refractivity contribution in [2.45, 2.75) is 19.4 Å². The second-order valence-corrected chi connectivity index (χ2v) is 3.16. The molecule has 0 atom stereocenters. The van der Waals surface area contributed by atoms with Gasteiger partial charge in [-0.1, -0.05) is 0 Å². The molecule has 0 saturated heterocycles. The zero-order chi connectivity index (χ0) is 8.55. The molecule has 0 aliphatic heterocycles. The first-order chi connectivity index (χ1) is 5.79. The van der Waals surface area contributed by atoms with E-state index in [0.29, 0.717) is 0 Å². The van der Waals surface area contributed by atoms with Gasteiger partial charge in [-0.25, -0.2) is 0 Å². The molecular weight excluding hydrogens is 156 g/mol. The fourth-order valence-corrected chi connectivity index (χ4v) is 1.15. The first-order valence-electron chi connectivity index (χ1n) is 3.96. The van der Waals surface area contributed by atoms with E-state index in [1.807, 2.05) is 0 Å². The maximum absolute atomic E-state index is 10.2. The van der Waals surface area contributed by atoms with Gasteiger partial charge in [0.25, 0.3) is 0 Å². The molecule has 1 aromatic heterocycles. The molecule has 2 rings (SSSR count). The number of nitrogen functional groups attached to an aromatic ring is 1. The Balaban J connectivity index is 2.15. The zero-order valence-corrected chi connectivity index (χ0v) is 6.60. The quantitative estimate of drug-likeness (QED) is 0.687. The third kappa shape index (κ3) is 1.30. The van der Waals surface area contributed by atoms with Crippen LogP contribution < -0.4 is 5.73 Å². The van der Waals surface area contributed by atoms with E-state index in [0.717, 1.165) is 12.5 Å². The molecule has 5 heteroatoms. The Morgan fingerprint density at radius 3 is 3.00 bits per heavy atom. The third-order valence-corrected chi connectivity index (χ3v) is 2.01. The van der Waals surface area contributed by atoms with Crippen LogP contribution in [0.4, 0.5) is 11.5 Å². The van der Waals surface area contributed by atoms with Crippen LogP contribution >= 0.6 is 0 Å². The van der Waals surface area contributed by atoms with Gasteiger partial charge in [-0.2, -0.15) is 5.10 Å². The summed E-state index contributed by atoms with van der Waals surface area (Å²) < 4.78 is 1.70. The van der Waals surface area contributed by atoms with Crippen LogP contribution in [0.1, 0.15) is 12.8 Å². The van der Waals surface area contributed by atoms with Crippen molar-refractivity contribution >= 4 is 11.5 Å². The Kier molecular flexibility index (Phi) is 1.56. The van der Waals surface area contributed by atoms with Crippen LogP contribution in [0.3, 0.4) is 0 Å². The number of nitrogens with zero attached hydrogens (tertiary/aromatic N) is 3. The summed E-state index contributed by atoms with van der Waals surface area (Å²) in [5, 5.41) is 6.72. The standard InChI is InChI=1S/C7H10N4O/c8-7-6(10-12)4-11(9-7)3-5-1-2-5/h4-5H,1-3H2,(H2,8,9). The largest absolute Gasteiger partial charge is 0.380 e. The molecule has 5 nitrogen and oxygen atoms in total. The van der Waals surface area contributed by atoms with Gasteiger partial charge in [-0.15, -0.1) is 4.91 Å². The average molecular weight is 166 g/mol. The molecule has 12 heavy (non-hydrogen) atoms. The van der Waals surface area contributed by atoms with Crippen LogP contribution in [-0.4, -0.2) is 9.78 Å². The first-order valence-corrected chi connectivity index (χ1v) is 3.96. The van der Waals surface area contributed by atoms with Crippen molar-refractivity contribution in [2.24, 2.45) is 11.1 Å². The van der Waals surface area contributed by atoms with Gasteiger partial charge in [-0.3, -0.25) is 4.68 Å². The van der Waals surface area contributed by atoms with Gasteiger partial charge in [0, 0.05) is 6.54 Å². The van der Waals surface area contributed by atoms with Gasteiger partial charge in [0.1, 0.15) is 0 Å². The Morgan fingerprint density at radius 1 is 1.75 bits per heavy atom. The normalized spacial score (nSPS) is 16.3. The molecule has 64 valence electrons. The van der Waals surface area contributed by atoms with E-state index in [9.17, 15) is 4.91 Å². The summed E-state index contributed by atoms with van der Waals surface area (Å²) in [6, 6.07) is 0. The summed E-state index contributed by atoms with van der Waals surface area (Å²) in [6.45, 7) is 0.861. The molecule has 0 spiro atoms. The van der Waals surface area contributed by atoms with Gasteiger partial charge < -0.3 is 5.73 Å². The average Bonchev–Trinajstić information content (AvgIpc) is 2.76. The maximum atomic E-state index is 10.2. The molecule has 2 N–H and O–H groups in total. The highest BCUT2D eigenvalue weighted by Gasteiger charge is 2.22. The third-order valence-electron chi connectivity index (χ3n) is 2.01. The molecule has 0 radical (unpaired) electrons. The van der Waals surface area contributed by atoms with Crippen molar-refractivity contribution in [3.05, 3.63) is 11.1 Å². The summed E-state index contributed by atoms with van der Waals surface area (Å²) in [6.07, 6.45) is 4.11. The summed E-state index contributed by atoms with van der Waals surface area (Å²) in [7, 11) is 0. The lowest BCUT2D eigenvalue weighted by molar-refractivity contribution is 0.565. The predicted octanol–water partition coefficient (Wildman–Crippen LogP) is 1.27. The number of aromatic nitrogens is 2. The molecule has 0 amide bonds. The topological polar surface area (TPSA) is 73.3 Å². The molecule has 0 bridgehead atoms. The van der Waals surface area contributed by atoms with E-state index in [-0.39, 0.29) is 11.5 Å². The second-order valence-electron chi connectivity index (χ2n) is 3.16. The molecule has 1 aliphatic rings. The smallest absolute Gasteiger partial charge is 0.175 e. The van der Waals surface area contributed by atoms with Crippen LogP contribution in [0, 0.1) is 10.8 Å². The minimum atomic E-state index is 0.227. The molecule has 1 aromatic rings. The van der Waals surface area contributed by atoms with E-state index < -0.39 is 0 Å². The lowest BCUT2D eigenvalue weighted by atomic mass is 10.4. The second kappa shape index (κ2) is 2.58. The molecule has 1 fully saturated rings.